The summed E-state index contributed by atoms with van der Waals surface area (Å²) in [5.74, 6) is 1.39. The molecule has 0 radical (unpaired) electrons. The number of rotatable bonds is 7. The van der Waals surface area contributed by atoms with Crippen LogP contribution in [0.3, 0.4) is 0 Å². The van der Waals surface area contributed by atoms with Crippen LogP contribution < -0.4 is 14.2 Å². The first-order valence-corrected chi connectivity index (χ1v) is 9.74. The fourth-order valence-corrected chi connectivity index (χ4v) is 3.86. The highest BCUT2D eigenvalue weighted by Crippen LogP contribution is 2.20. The van der Waals surface area contributed by atoms with Crippen molar-refractivity contribution in [1.29, 1.82) is 0 Å². The molecule has 0 aliphatic rings. The zero-order valence-corrected chi connectivity index (χ0v) is 15.5. The molecule has 0 saturated carbocycles. The van der Waals surface area contributed by atoms with Gasteiger partial charge < -0.3 is 9.47 Å². The summed E-state index contributed by atoms with van der Waals surface area (Å²) >= 11 is 0. The Kier molecular flexibility index (Phi) is 5.44. The highest BCUT2D eigenvalue weighted by atomic mass is 32.2. The number of ether oxygens (including phenoxy) is 2. The van der Waals surface area contributed by atoms with Crippen LogP contribution in [-0.4, -0.2) is 28.2 Å². The molecule has 0 aliphatic heterocycles. The van der Waals surface area contributed by atoms with Crippen LogP contribution >= 0.6 is 0 Å². The number of hydrogen-bond donors (Lipinski definition) is 1. The van der Waals surface area contributed by atoms with E-state index in [1.807, 2.05) is 30.3 Å². The Bertz CT molecular complexity index is 984. The van der Waals surface area contributed by atoms with Gasteiger partial charge in [-0.25, -0.2) is 13.1 Å². The molecule has 1 unspecified atom stereocenters. The number of sulfonamides is 1. The van der Waals surface area contributed by atoms with Crippen molar-refractivity contribution < 1.29 is 17.9 Å². The zero-order chi connectivity index (χ0) is 18.6. The molecule has 0 heterocycles. The van der Waals surface area contributed by atoms with Gasteiger partial charge in [0, 0.05) is 0 Å². The summed E-state index contributed by atoms with van der Waals surface area (Å²) in [7, 11) is -2.02. The van der Waals surface area contributed by atoms with Gasteiger partial charge in [0.25, 0.3) is 0 Å². The van der Waals surface area contributed by atoms with Gasteiger partial charge in [-0.05, 0) is 54.1 Å². The molecule has 0 bridgehead atoms. The van der Waals surface area contributed by atoms with Gasteiger partial charge in [0.1, 0.15) is 18.1 Å². The number of fused-ring (bicyclic) bond motifs is 1. The largest absolute Gasteiger partial charge is 0.497 e. The molecular formula is C20H21NO4S. The van der Waals surface area contributed by atoms with Crippen LogP contribution in [0.4, 0.5) is 0 Å². The molecule has 26 heavy (non-hydrogen) atoms. The Hall–Kier alpha value is -2.57. The second-order valence-corrected chi connectivity index (χ2v) is 7.73. The predicted molar refractivity (Wildman–Crippen MR) is 102 cm³/mol. The summed E-state index contributed by atoms with van der Waals surface area (Å²) in [5.41, 5.74) is 0. The maximum absolute atomic E-state index is 12.6. The lowest BCUT2D eigenvalue weighted by Crippen LogP contribution is -2.36. The van der Waals surface area contributed by atoms with E-state index in [2.05, 4.69) is 4.72 Å². The molecule has 3 aromatic carbocycles. The Morgan fingerprint density at radius 3 is 2.27 bits per heavy atom. The fraction of sp³-hybridized carbons (Fsp3) is 0.200. The van der Waals surface area contributed by atoms with Crippen LogP contribution in [0.25, 0.3) is 10.8 Å². The van der Waals surface area contributed by atoms with E-state index < -0.39 is 10.0 Å². The Morgan fingerprint density at radius 2 is 1.58 bits per heavy atom. The first-order valence-electron chi connectivity index (χ1n) is 8.26. The Morgan fingerprint density at radius 1 is 0.923 bits per heavy atom. The highest BCUT2D eigenvalue weighted by molar-refractivity contribution is 7.89. The lowest BCUT2D eigenvalue weighted by atomic mass is 10.1. The highest BCUT2D eigenvalue weighted by Gasteiger charge is 2.18. The summed E-state index contributed by atoms with van der Waals surface area (Å²) in [6.45, 7) is 1.99. The number of benzene rings is 3. The lowest BCUT2D eigenvalue weighted by molar-refractivity contribution is 0.287. The SMILES string of the molecule is COc1ccc(OCC(C)NS(=O)(=O)c2ccc3ccccc3c2)cc1. The summed E-state index contributed by atoms with van der Waals surface area (Å²) in [4.78, 5) is 0.243. The standard InChI is InChI=1S/C20H21NO4S/c1-15(14-25-19-10-8-18(24-2)9-11-19)21-26(22,23)20-12-7-16-5-3-4-6-17(16)13-20/h3-13,15,21H,14H2,1-2H3. The first-order chi connectivity index (χ1) is 12.5. The Labute approximate surface area is 153 Å². The monoisotopic (exact) mass is 371 g/mol. The molecule has 3 aromatic rings. The van der Waals surface area contributed by atoms with E-state index in [0.717, 1.165) is 16.5 Å². The third-order valence-corrected chi connectivity index (χ3v) is 5.53. The average molecular weight is 371 g/mol. The molecule has 3 rings (SSSR count). The van der Waals surface area contributed by atoms with E-state index in [9.17, 15) is 8.42 Å². The van der Waals surface area contributed by atoms with Crippen molar-refractivity contribution in [1.82, 2.24) is 4.72 Å². The summed E-state index contributed by atoms with van der Waals surface area (Å²) in [5, 5.41) is 1.89. The maximum Gasteiger partial charge on any atom is 0.240 e. The normalized spacial score (nSPS) is 12.7. The summed E-state index contributed by atoms with van der Waals surface area (Å²) in [6.07, 6.45) is 0. The third kappa shape index (κ3) is 4.33. The van der Waals surface area contributed by atoms with Crippen molar-refractivity contribution in [3.8, 4) is 11.5 Å². The summed E-state index contributed by atoms with van der Waals surface area (Å²) in [6, 6.07) is 19.5. The fourth-order valence-electron chi connectivity index (χ4n) is 2.59. The van der Waals surface area contributed by atoms with Gasteiger partial charge in [0.05, 0.1) is 18.0 Å². The van der Waals surface area contributed by atoms with Crippen LogP contribution in [-0.2, 0) is 10.0 Å². The van der Waals surface area contributed by atoms with Gasteiger partial charge in [-0.2, -0.15) is 0 Å². The van der Waals surface area contributed by atoms with E-state index in [1.54, 1.807) is 50.4 Å². The van der Waals surface area contributed by atoms with Crippen LogP contribution in [0.1, 0.15) is 6.92 Å². The number of methoxy groups -OCH3 is 1. The molecule has 0 aliphatic carbocycles. The van der Waals surface area contributed by atoms with Crippen molar-refractivity contribution in [2.24, 2.45) is 0 Å². The topological polar surface area (TPSA) is 64.6 Å². The first kappa shape index (κ1) is 18.2. The van der Waals surface area contributed by atoms with Gasteiger partial charge in [0.15, 0.2) is 0 Å². The van der Waals surface area contributed by atoms with Crippen molar-refractivity contribution in [2.75, 3.05) is 13.7 Å². The number of hydrogen-bond acceptors (Lipinski definition) is 4. The lowest BCUT2D eigenvalue weighted by Gasteiger charge is -2.16. The zero-order valence-electron chi connectivity index (χ0n) is 14.7. The van der Waals surface area contributed by atoms with Gasteiger partial charge in [-0.15, -0.1) is 0 Å². The predicted octanol–water partition coefficient (Wildman–Crippen LogP) is 3.59. The van der Waals surface area contributed by atoms with E-state index in [4.69, 9.17) is 9.47 Å². The summed E-state index contributed by atoms with van der Waals surface area (Å²) < 4.78 is 38.6. The number of nitrogens with one attached hydrogen (secondary N) is 1. The molecule has 0 fully saturated rings. The van der Waals surface area contributed by atoms with Gasteiger partial charge >= 0.3 is 0 Å². The van der Waals surface area contributed by atoms with E-state index in [0.29, 0.717) is 5.75 Å². The molecule has 0 amide bonds. The van der Waals surface area contributed by atoms with Crippen LogP contribution in [0.2, 0.25) is 0 Å². The van der Waals surface area contributed by atoms with Gasteiger partial charge in [-0.1, -0.05) is 30.3 Å². The maximum atomic E-state index is 12.6. The molecule has 5 nitrogen and oxygen atoms in total. The minimum absolute atomic E-state index is 0.221. The van der Waals surface area contributed by atoms with Crippen molar-refractivity contribution in [3.05, 3.63) is 66.7 Å². The quantitative estimate of drug-likeness (QED) is 0.689. The minimum Gasteiger partial charge on any atom is -0.497 e. The molecular weight excluding hydrogens is 350 g/mol. The second kappa shape index (κ2) is 7.76. The van der Waals surface area contributed by atoms with E-state index in [1.165, 1.54) is 0 Å². The molecule has 0 saturated heterocycles. The molecule has 1 N–H and O–H groups in total. The van der Waals surface area contributed by atoms with Crippen LogP contribution in [0.5, 0.6) is 11.5 Å². The Balaban J connectivity index is 1.65. The molecule has 0 aromatic heterocycles. The van der Waals surface area contributed by atoms with E-state index in [-0.39, 0.29) is 17.5 Å². The third-order valence-electron chi connectivity index (χ3n) is 3.95. The molecule has 136 valence electrons. The van der Waals surface area contributed by atoms with Gasteiger partial charge in [0.2, 0.25) is 10.0 Å². The van der Waals surface area contributed by atoms with Crippen molar-refractivity contribution >= 4 is 20.8 Å². The van der Waals surface area contributed by atoms with Crippen molar-refractivity contribution in [2.45, 2.75) is 17.9 Å². The average Bonchev–Trinajstić information content (AvgIpc) is 2.66. The molecule has 1 atom stereocenters. The minimum atomic E-state index is -3.62. The molecule has 0 spiro atoms. The van der Waals surface area contributed by atoms with Crippen molar-refractivity contribution in [3.63, 3.8) is 0 Å². The van der Waals surface area contributed by atoms with Crippen LogP contribution in [0.15, 0.2) is 71.6 Å². The van der Waals surface area contributed by atoms with Gasteiger partial charge in [-0.3, -0.25) is 0 Å². The smallest absolute Gasteiger partial charge is 0.240 e. The van der Waals surface area contributed by atoms with E-state index >= 15 is 0 Å². The van der Waals surface area contributed by atoms with Crippen LogP contribution in [0, 0.1) is 0 Å². The molecule has 6 heteroatoms. The second-order valence-electron chi connectivity index (χ2n) is 6.02.